The van der Waals surface area contributed by atoms with E-state index < -0.39 is 0 Å². The first-order valence-electron chi connectivity index (χ1n) is 5.85. The highest BCUT2D eigenvalue weighted by molar-refractivity contribution is 7.13. The third kappa shape index (κ3) is 2.76. The van der Waals surface area contributed by atoms with Gasteiger partial charge >= 0.3 is 0 Å². The van der Waals surface area contributed by atoms with E-state index in [0.29, 0.717) is 0 Å². The van der Waals surface area contributed by atoms with Crippen LogP contribution in [0.5, 0.6) is 0 Å². The molecule has 0 spiro atoms. The van der Waals surface area contributed by atoms with Gasteiger partial charge in [-0.1, -0.05) is 24.3 Å². The molecule has 1 heterocycles. The summed E-state index contributed by atoms with van der Waals surface area (Å²) < 4.78 is 0. The normalized spacial score (nSPS) is 12.2. The molecular formula is C14H16N2OS. The van der Waals surface area contributed by atoms with Crippen molar-refractivity contribution in [2.75, 3.05) is 0 Å². The highest BCUT2D eigenvalue weighted by Crippen LogP contribution is 2.28. The number of carbonyl (C=O) groups excluding carboxylic acids is 1. The zero-order valence-corrected chi connectivity index (χ0v) is 11.5. The molecule has 0 saturated heterocycles. The van der Waals surface area contributed by atoms with Gasteiger partial charge in [-0.05, 0) is 25.0 Å². The van der Waals surface area contributed by atoms with Crippen molar-refractivity contribution >= 4 is 17.2 Å². The van der Waals surface area contributed by atoms with Crippen molar-refractivity contribution < 1.29 is 4.79 Å². The molecule has 4 heteroatoms. The summed E-state index contributed by atoms with van der Waals surface area (Å²) in [7, 11) is 0. The van der Waals surface area contributed by atoms with Gasteiger partial charge in [0.2, 0.25) is 5.91 Å². The fourth-order valence-electron chi connectivity index (χ4n) is 1.89. The van der Waals surface area contributed by atoms with E-state index in [0.717, 1.165) is 11.3 Å². The predicted molar refractivity (Wildman–Crippen MR) is 74.5 cm³/mol. The van der Waals surface area contributed by atoms with Crippen LogP contribution in [0.25, 0.3) is 10.4 Å². The number of amides is 1. The minimum atomic E-state index is -0.00937. The summed E-state index contributed by atoms with van der Waals surface area (Å²) in [4.78, 5) is 16.5. The average Bonchev–Trinajstić information content (AvgIpc) is 2.75. The van der Waals surface area contributed by atoms with Crippen LogP contribution >= 0.6 is 11.3 Å². The van der Waals surface area contributed by atoms with Gasteiger partial charge in [0.25, 0.3) is 0 Å². The summed E-state index contributed by atoms with van der Waals surface area (Å²) in [6, 6.07) is 8.30. The minimum absolute atomic E-state index is 0.00937. The first-order valence-corrected chi connectivity index (χ1v) is 6.73. The van der Waals surface area contributed by atoms with Crippen LogP contribution in [0.15, 0.2) is 29.8 Å². The number of nitrogens with one attached hydrogen (secondary N) is 1. The molecule has 1 aromatic carbocycles. The van der Waals surface area contributed by atoms with E-state index in [4.69, 9.17) is 0 Å². The van der Waals surface area contributed by atoms with Gasteiger partial charge in [-0.25, -0.2) is 4.98 Å². The maximum atomic E-state index is 11.0. The lowest BCUT2D eigenvalue weighted by Crippen LogP contribution is -2.23. The van der Waals surface area contributed by atoms with E-state index in [1.165, 1.54) is 17.4 Å². The van der Waals surface area contributed by atoms with Gasteiger partial charge < -0.3 is 5.32 Å². The first kappa shape index (κ1) is 12.8. The number of hydrogen-bond donors (Lipinski definition) is 1. The zero-order chi connectivity index (χ0) is 13.1. The van der Waals surface area contributed by atoms with Crippen molar-refractivity contribution in [1.29, 1.82) is 0 Å². The molecule has 0 saturated carbocycles. The molecule has 1 amide bonds. The second kappa shape index (κ2) is 5.31. The van der Waals surface area contributed by atoms with Crippen LogP contribution < -0.4 is 5.32 Å². The number of thiazole rings is 1. The van der Waals surface area contributed by atoms with E-state index in [9.17, 15) is 4.79 Å². The monoisotopic (exact) mass is 260 g/mol. The Morgan fingerprint density at radius 1 is 1.33 bits per heavy atom. The molecule has 1 atom stereocenters. The fraction of sp³-hybridized carbons (Fsp3) is 0.286. The van der Waals surface area contributed by atoms with E-state index >= 15 is 0 Å². The van der Waals surface area contributed by atoms with Crippen molar-refractivity contribution in [2.24, 2.45) is 0 Å². The number of aromatic nitrogens is 1. The molecule has 1 aromatic heterocycles. The maximum absolute atomic E-state index is 11.0. The molecule has 0 radical (unpaired) electrons. The summed E-state index contributed by atoms with van der Waals surface area (Å²) in [5, 5.41) is 2.88. The Morgan fingerprint density at radius 3 is 2.50 bits per heavy atom. The SMILES string of the molecule is CC(=O)N[C@@H](C)c1ccc(-c2scnc2C)cc1. The largest absolute Gasteiger partial charge is 0.350 e. The number of carbonyl (C=O) groups is 1. The van der Waals surface area contributed by atoms with Crippen LogP contribution in [-0.2, 0) is 4.79 Å². The molecule has 0 fully saturated rings. The van der Waals surface area contributed by atoms with Gasteiger partial charge in [0.15, 0.2) is 0 Å². The molecule has 2 rings (SSSR count). The second-order valence-electron chi connectivity index (χ2n) is 4.31. The zero-order valence-electron chi connectivity index (χ0n) is 10.7. The summed E-state index contributed by atoms with van der Waals surface area (Å²) in [5.41, 5.74) is 5.20. The van der Waals surface area contributed by atoms with E-state index in [1.807, 2.05) is 19.4 Å². The number of aryl methyl sites for hydroxylation is 1. The summed E-state index contributed by atoms with van der Waals surface area (Å²) >= 11 is 1.65. The van der Waals surface area contributed by atoms with Crippen molar-refractivity contribution in [3.8, 4) is 10.4 Å². The lowest BCUT2D eigenvalue weighted by molar-refractivity contribution is -0.119. The Balaban J connectivity index is 2.20. The van der Waals surface area contributed by atoms with Gasteiger partial charge in [0.05, 0.1) is 22.1 Å². The Morgan fingerprint density at radius 2 is 2.00 bits per heavy atom. The third-order valence-electron chi connectivity index (χ3n) is 2.84. The Bertz CT molecular complexity index is 545. The molecule has 18 heavy (non-hydrogen) atoms. The van der Waals surface area contributed by atoms with Gasteiger partial charge in [-0.2, -0.15) is 0 Å². The van der Waals surface area contributed by atoms with Gasteiger partial charge in [-0.3, -0.25) is 4.79 Å². The smallest absolute Gasteiger partial charge is 0.217 e. The van der Waals surface area contributed by atoms with Crippen molar-refractivity contribution in [3.63, 3.8) is 0 Å². The van der Waals surface area contributed by atoms with Crippen molar-refractivity contribution in [1.82, 2.24) is 10.3 Å². The van der Waals surface area contributed by atoms with Crippen LogP contribution in [0.1, 0.15) is 31.1 Å². The maximum Gasteiger partial charge on any atom is 0.217 e. The summed E-state index contributed by atoms with van der Waals surface area (Å²) in [5.74, 6) is -0.00937. The molecule has 3 nitrogen and oxygen atoms in total. The highest BCUT2D eigenvalue weighted by Gasteiger charge is 2.08. The van der Waals surface area contributed by atoms with Crippen molar-refractivity contribution in [3.05, 3.63) is 41.0 Å². The van der Waals surface area contributed by atoms with E-state index in [1.54, 1.807) is 11.3 Å². The highest BCUT2D eigenvalue weighted by atomic mass is 32.1. The van der Waals surface area contributed by atoms with E-state index in [-0.39, 0.29) is 11.9 Å². The van der Waals surface area contributed by atoms with Crippen LogP contribution in [0, 0.1) is 6.92 Å². The standard InChI is InChI=1S/C14H16N2OS/c1-9(16-11(3)17)12-4-6-13(7-5-12)14-10(2)15-8-18-14/h4-9H,1-3H3,(H,16,17)/t9-/m0/s1. The molecule has 1 N–H and O–H groups in total. The molecule has 2 aromatic rings. The molecule has 94 valence electrons. The number of hydrogen-bond acceptors (Lipinski definition) is 3. The molecule has 0 bridgehead atoms. The molecular weight excluding hydrogens is 244 g/mol. The lowest BCUT2D eigenvalue weighted by atomic mass is 10.0. The Hall–Kier alpha value is -1.68. The van der Waals surface area contributed by atoms with Gasteiger partial charge in [-0.15, -0.1) is 11.3 Å². The van der Waals surface area contributed by atoms with Crippen molar-refractivity contribution in [2.45, 2.75) is 26.8 Å². The second-order valence-corrected chi connectivity index (χ2v) is 5.17. The minimum Gasteiger partial charge on any atom is -0.350 e. The summed E-state index contributed by atoms with van der Waals surface area (Å²) in [6.07, 6.45) is 0. The topological polar surface area (TPSA) is 42.0 Å². The summed E-state index contributed by atoms with van der Waals surface area (Å²) in [6.45, 7) is 5.53. The number of benzene rings is 1. The predicted octanol–water partition coefficient (Wildman–Crippen LogP) is 3.32. The molecule has 0 aliphatic rings. The quantitative estimate of drug-likeness (QED) is 0.920. The van der Waals surface area contributed by atoms with Gasteiger partial charge in [0.1, 0.15) is 0 Å². The molecule has 0 aliphatic heterocycles. The Kier molecular flexibility index (Phi) is 3.77. The first-order chi connectivity index (χ1) is 8.58. The average molecular weight is 260 g/mol. The third-order valence-corrected chi connectivity index (χ3v) is 3.82. The lowest BCUT2D eigenvalue weighted by Gasteiger charge is -2.13. The van der Waals surface area contributed by atoms with Gasteiger partial charge in [0, 0.05) is 6.92 Å². The molecule has 0 aliphatic carbocycles. The van der Waals surface area contributed by atoms with E-state index in [2.05, 4.69) is 34.6 Å². The van der Waals surface area contributed by atoms with Crippen LogP contribution in [-0.4, -0.2) is 10.9 Å². The van der Waals surface area contributed by atoms with Crippen LogP contribution in [0.3, 0.4) is 0 Å². The number of rotatable bonds is 3. The van der Waals surface area contributed by atoms with Crippen LogP contribution in [0.4, 0.5) is 0 Å². The number of nitrogens with zero attached hydrogens (tertiary/aromatic N) is 1. The fourth-order valence-corrected chi connectivity index (χ4v) is 2.70. The Labute approximate surface area is 111 Å². The van der Waals surface area contributed by atoms with Crippen LogP contribution in [0.2, 0.25) is 0 Å². The molecule has 0 unspecified atom stereocenters.